The molecule has 4 nitrogen and oxygen atoms in total. The first-order valence-electron chi connectivity index (χ1n) is 7.39. The second-order valence-corrected chi connectivity index (χ2v) is 5.73. The van der Waals surface area contributed by atoms with Crippen LogP contribution in [0.15, 0.2) is 24.3 Å². The van der Waals surface area contributed by atoms with E-state index in [4.69, 9.17) is 4.74 Å². The third-order valence-electron chi connectivity index (χ3n) is 4.57. The molecule has 1 N–H and O–H groups in total. The molecule has 20 heavy (non-hydrogen) atoms. The summed E-state index contributed by atoms with van der Waals surface area (Å²) in [6.07, 6.45) is 2.97. The van der Waals surface area contributed by atoms with Gasteiger partial charge in [-0.25, -0.2) is 0 Å². The van der Waals surface area contributed by atoms with E-state index in [0.717, 1.165) is 31.6 Å². The maximum Gasteiger partial charge on any atom is 0.308 e. The molecule has 3 atom stereocenters. The number of hydrogen-bond donors (Lipinski definition) is 1. The average molecular weight is 275 g/mol. The number of aliphatic carboxylic acids is 1. The maximum atomic E-state index is 11.3. The molecule has 1 aromatic rings. The lowest BCUT2D eigenvalue weighted by molar-refractivity contribution is -0.142. The Balaban J connectivity index is 1.72. The van der Waals surface area contributed by atoms with Crippen LogP contribution >= 0.6 is 0 Å². The van der Waals surface area contributed by atoms with Gasteiger partial charge in [0.15, 0.2) is 0 Å². The molecule has 0 saturated carbocycles. The molecule has 2 bridgehead atoms. The van der Waals surface area contributed by atoms with Crippen LogP contribution in [0.25, 0.3) is 0 Å². The van der Waals surface area contributed by atoms with E-state index in [1.807, 2.05) is 19.1 Å². The van der Waals surface area contributed by atoms with Crippen LogP contribution in [0.1, 0.15) is 31.7 Å². The predicted octanol–water partition coefficient (Wildman–Crippen LogP) is 2.52. The van der Waals surface area contributed by atoms with Gasteiger partial charge in [0.2, 0.25) is 0 Å². The van der Waals surface area contributed by atoms with E-state index in [1.165, 1.54) is 5.56 Å². The maximum absolute atomic E-state index is 11.3. The molecule has 0 aromatic heterocycles. The van der Waals surface area contributed by atoms with Gasteiger partial charge < -0.3 is 9.84 Å². The van der Waals surface area contributed by atoms with Crippen molar-refractivity contribution < 1.29 is 14.6 Å². The number of carboxylic acid groups (broad SMARTS) is 1. The third kappa shape index (κ3) is 2.40. The highest BCUT2D eigenvalue weighted by Crippen LogP contribution is 2.42. The van der Waals surface area contributed by atoms with E-state index in [-0.39, 0.29) is 12.0 Å². The molecule has 0 aliphatic carbocycles. The standard InChI is InChI=1S/C16H21NO3/c1-2-20-13-5-3-4-11(8-13)10-17-12-6-7-15(17)14(9-12)16(18)19/h3-5,8,12,14-15H,2,6-7,9-10H2,1H3,(H,18,19). The highest BCUT2D eigenvalue weighted by Gasteiger charge is 2.48. The van der Waals surface area contributed by atoms with Crippen LogP contribution in [0.3, 0.4) is 0 Å². The summed E-state index contributed by atoms with van der Waals surface area (Å²) in [4.78, 5) is 13.7. The monoisotopic (exact) mass is 275 g/mol. The molecule has 4 heteroatoms. The lowest BCUT2D eigenvalue weighted by Crippen LogP contribution is -2.32. The highest BCUT2D eigenvalue weighted by molar-refractivity contribution is 5.71. The number of nitrogens with zero attached hydrogens (tertiary/aromatic N) is 1. The largest absolute Gasteiger partial charge is 0.494 e. The second kappa shape index (κ2) is 5.44. The Bertz CT molecular complexity index is 502. The Morgan fingerprint density at radius 3 is 3.00 bits per heavy atom. The first-order valence-corrected chi connectivity index (χ1v) is 7.39. The van der Waals surface area contributed by atoms with Crippen LogP contribution in [0, 0.1) is 5.92 Å². The van der Waals surface area contributed by atoms with Gasteiger partial charge >= 0.3 is 5.97 Å². The molecule has 2 aliphatic heterocycles. The van der Waals surface area contributed by atoms with E-state index in [9.17, 15) is 9.90 Å². The third-order valence-corrected chi connectivity index (χ3v) is 4.57. The summed E-state index contributed by atoms with van der Waals surface area (Å²) in [5, 5.41) is 9.29. The minimum Gasteiger partial charge on any atom is -0.494 e. The molecule has 2 heterocycles. The summed E-state index contributed by atoms with van der Waals surface area (Å²) >= 11 is 0. The number of rotatable bonds is 5. The highest BCUT2D eigenvalue weighted by atomic mass is 16.5. The topological polar surface area (TPSA) is 49.8 Å². The number of carbonyl (C=O) groups is 1. The van der Waals surface area contributed by atoms with Gasteiger partial charge in [0.1, 0.15) is 5.75 Å². The summed E-state index contributed by atoms with van der Waals surface area (Å²) in [6.45, 7) is 3.48. The normalized spacial score (nSPS) is 28.8. The van der Waals surface area contributed by atoms with Crippen LogP contribution in [0.4, 0.5) is 0 Å². The van der Waals surface area contributed by atoms with Crippen molar-refractivity contribution in [3.05, 3.63) is 29.8 Å². The molecule has 0 spiro atoms. The summed E-state index contributed by atoms with van der Waals surface area (Å²) < 4.78 is 5.53. The zero-order valence-corrected chi connectivity index (χ0v) is 11.8. The van der Waals surface area contributed by atoms with Crippen molar-refractivity contribution in [2.75, 3.05) is 6.61 Å². The van der Waals surface area contributed by atoms with Crippen molar-refractivity contribution in [1.29, 1.82) is 0 Å². The smallest absolute Gasteiger partial charge is 0.308 e. The van der Waals surface area contributed by atoms with E-state index in [2.05, 4.69) is 17.0 Å². The first-order chi connectivity index (χ1) is 9.69. The van der Waals surface area contributed by atoms with Crippen LogP contribution in [-0.4, -0.2) is 34.7 Å². The molecule has 2 fully saturated rings. The van der Waals surface area contributed by atoms with E-state index in [0.29, 0.717) is 12.6 Å². The van der Waals surface area contributed by atoms with Crippen molar-refractivity contribution in [1.82, 2.24) is 4.90 Å². The van der Waals surface area contributed by atoms with Gasteiger partial charge in [-0.2, -0.15) is 0 Å². The van der Waals surface area contributed by atoms with E-state index in [1.54, 1.807) is 0 Å². The van der Waals surface area contributed by atoms with Gasteiger partial charge in [-0.1, -0.05) is 12.1 Å². The van der Waals surface area contributed by atoms with Crippen molar-refractivity contribution in [3.8, 4) is 5.75 Å². The van der Waals surface area contributed by atoms with E-state index < -0.39 is 5.97 Å². The summed E-state index contributed by atoms with van der Waals surface area (Å²) in [5.41, 5.74) is 1.21. The predicted molar refractivity (Wildman–Crippen MR) is 75.7 cm³/mol. The van der Waals surface area contributed by atoms with Gasteiger partial charge in [0, 0.05) is 18.6 Å². The molecule has 0 radical (unpaired) electrons. The molecule has 3 unspecified atom stereocenters. The van der Waals surface area contributed by atoms with E-state index >= 15 is 0 Å². The summed E-state index contributed by atoms with van der Waals surface area (Å²) in [5.74, 6) is 0.0837. The Kier molecular flexibility index (Phi) is 3.66. The van der Waals surface area contributed by atoms with Gasteiger partial charge in [-0.3, -0.25) is 9.69 Å². The lowest BCUT2D eigenvalue weighted by Gasteiger charge is -2.23. The fourth-order valence-electron chi connectivity index (χ4n) is 3.72. The van der Waals surface area contributed by atoms with Crippen LogP contribution in [0.5, 0.6) is 5.75 Å². The van der Waals surface area contributed by atoms with Crippen LogP contribution in [0.2, 0.25) is 0 Å². The lowest BCUT2D eigenvalue weighted by atomic mass is 9.89. The molecular formula is C16H21NO3. The molecule has 2 saturated heterocycles. The Morgan fingerprint density at radius 1 is 1.45 bits per heavy atom. The van der Waals surface area contributed by atoms with Gasteiger partial charge in [0.05, 0.1) is 12.5 Å². The molecule has 1 aromatic carbocycles. The molecule has 108 valence electrons. The minimum absolute atomic E-state index is 0.177. The quantitative estimate of drug-likeness (QED) is 0.897. The van der Waals surface area contributed by atoms with Gasteiger partial charge in [-0.15, -0.1) is 0 Å². The molecule has 0 amide bonds. The summed E-state index contributed by atoms with van der Waals surface area (Å²) in [7, 11) is 0. The average Bonchev–Trinajstić information content (AvgIpc) is 2.97. The van der Waals surface area contributed by atoms with Crippen molar-refractivity contribution in [2.45, 2.75) is 44.8 Å². The van der Waals surface area contributed by atoms with Crippen LogP contribution < -0.4 is 4.74 Å². The second-order valence-electron chi connectivity index (χ2n) is 5.73. The van der Waals surface area contributed by atoms with Crippen molar-refractivity contribution in [2.24, 2.45) is 5.92 Å². The van der Waals surface area contributed by atoms with Crippen molar-refractivity contribution >= 4 is 5.97 Å². The fraction of sp³-hybridized carbons (Fsp3) is 0.562. The number of carboxylic acids is 1. The minimum atomic E-state index is -0.634. The van der Waals surface area contributed by atoms with Crippen LogP contribution in [-0.2, 0) is 11.3 Å². The van der Waals surface area contributed by atoms with Gasteiger partial charge in [-0.05, 0) is 43.9 Å². The molecule has 2 aliphatic rings. The summed E-state index contributed by atoms with van der Waals surface area (Å²) in [6, 6.07) is 8.79. The Morgan fingerprint density at radius 2 is 2.30 bits per heavy atom. The zero-order valence-electron chi connectivity index (χ0n) is 11.8. The Labute approximate surface area is 119 Å². The molecule has 3 rings (SSSR count). The first kappa shape index (κ1) is 13.4. The number of ether oxygens (including phenoxy) is 1. The number of benzene rings is 1. The molecular weight excluding hydrogens is 254 g/mol. The number of fused-ring (bicyclic) bond motifs is 2. The van der Waals surface area contributed by atoms with Crippen molar-refractivity contribution in [3.63, 3.8) is 0 Å². The van der Waals surface area contributed by atoms with Gasteiger partial charge in [0.25, 0.3) is 0 Å². The zero-order chi connectivity index (χ0) is 14.1. The fourth-order valence-corrected chi connectivity index (χ4v) is 3.72. The Hall–Kier alpha value is -1.55. The number of hydrogen-bond acceptors (Lipinski definition) is 3. The SMILES string of the molecule is CCOc1cccc(CN2C3CCC2C(C(=O)O)C3)c1.